The van der Waals surface area contributed by atoms with Gasteiger partial charge in [0.1, 0.15) is 11.9 Å². The molecule has 0 amide bonds. The molecule has 2 nitrogen and oxygen atoms in total. The predicted molar refractivity (Wildman–Crippen MR) is 29.3 cm³/mol. The highest BCUT2D eigenvalue weighted by atomic mass is 16.4. The average molecular weight is 112 g/mol. The van der Waals surface area contributed by atoms with E-state index in [2.05, 4.69) is 0 Å². The fourth-order valence-electron chi connectivity index (χ4n) is 0.529. The molecule has 0 aliphatic heterocycles. The van der Waals surface area contributed by atoms with E-state index in [0.29, 0.717) is 5.76 Å². The van der Waals surface area contributed by atoms with E-state index in [9.17, 15) is 0 Å². The second-order valence-corrected chi connectivity index (χ2v) is 1.69. The number of rotatable bonds is 1. The first-order chi connectivity index (χ1) is 3.80. The molecular formula is C6H8O2. The minimum Gasteiger partial charge on any atom is -0.467 e. The standard InChI is InChI=1S/C6H8O2/c1-5(7)6-3-2-4-8-6/h2-5,7H,1H3. The van der Waals surface area contributed by atoms with Gasteiger partial charge < -0.3 is 9.52 Å². The van der Waals surface area contributed by atoms with Gasteiger partial charge in [-0.3, -0.25) is 0 Å². The van der Waals surface area contributed by atoms with Crippen molar-refractivity contribution < 1.29 is 9.52 Å². The summed E-state index contributed by atoms with van der Waals surface area (Å²) in [6.07, 6.45) is 1.06. The van der Waals surface area contributed by atoms with Crippen molar-refractivity contribution in [3.05, 3.63) is 24.2 Å². The molecule has 1 heterocycles. The van der Waals surface area contributed by atoms with Gasteiger partial charge in [-0.15, -0.1) is 0 Å². The topological polar surface area (TPSA) is 33.4 Å². The van der Waals surface area contributed by atoms with Gasteiger partial charge in [-0.2, -0.15) is 0 Å². The largest absolute Gasteiger partial charge is 0.467 e. The molecule has 1 atom stereocenters. The third kappa shape index (κ3) is 0.898. The van der Waals surface area contributed by atoms with E-state index in [1.54, 1.807) is 25.3 Å². The molecule has 8 heavy (non-hydrogen) atoms. The van der Waals surface area contributed by atoms with Gasteiger partial charge in [-0.05, 0) is 19.1 Å². The molecule has 0 spiro atoms. The van der Waals surface area contributed by atoms with Gasteiger partial charge in [0.2, 0.25) is 0 Å². The van der Waals surface area contributed by atoms with Gasteiger partial charge in [0.05, 0.1) is 6.26 Å². The summed E-state index contributed by atoms with van der Waals surface area (Å²) in [5.41, 5.74) is 0. The first-order valence-electron chi connectivity index (χ1n) is 2.52. The van der Waals surface area contributed by atoms with E-state index >= 15 is 0 Å². The average Bonchev–Trinajstić information content (AvgIpc) is 2.12. The second kappa shape index (κ2) is 2.01. The Labute approximate surface area is 47.7 Å². The van der Waals surface area contributed by atoms with Crippen LogP contribution in [0.2, 0.25) is 0 Å². The van der Waals surface area contributed by atoms with Crippen LogP contribution in [0.1, 0.15) is 18.8 Å². The van der Waals surface area contributed by atoms with Crippen LogP contribution < -0.4 is 0 Å². The van der Waals surface area contributed by atoms with Crippen LogP contribution in [0.4, 0.5) is 0 Å². The molecule has 0 aliphatic rings. The van der Waals surface area contributed by atoms with Crippen molar-refractivity contribution in [2.24, 2.45) is 0 Å². The van der Waals surface area contributed by atoms with E-state index in [1.807, 2.05) is 0 Å². The monoisotopic (exact) mass is 112 g/mol. The predicted octanol–water partition coefficient (Wildman–Crippen LogP) is 1.33. The normalized spacial score (nSPS) is 13.8. The molecule has 44 valence electrons. The zero-order valence-electron chi connectivity index (χ0n) is 4.66. The highest BCUT2D eigenvalue weighted by molar-refractivity contribution is 4.99. The van der Waals surface area contributed by atoms with Crippen molar-refractivity contribution in [2.75, 3.05) is 0 Å². The lowest BCUT2D eigenvalue weighted by atomic mass is 10.3. The van der Waals surface area contributed by atoms with Crippen LogP contribution in [0.15, 0.2) is 22.8 Å². The quantitative estimate of drug-likeness (QED) is 0.594. The summed E-state index contributed by atoms with van der Waals surface area (Å²) in [6.45, 7) is 1.67. The first kappa shape index (κ1) is 5.38. The Balaban J connectivity index is 2.77. The first-order valence-corrected chi connectivity index (χ1v) is 2.52. The Hall–Kier alpha value is -0.760. The number of hydrogen-bond donors (Lipinski definition) is 1. The van der Waals surface area contributed by atoms with Crippen LogP contribution in [-0.4, -0.2) is 5.11 Å². The zero-order valence-corrected chi connectivity index (χ0v) is 4.66. The smallest absolute Gasteiger partial charge is 0.131 e. The molecule has 0 saturated carbocycles. The van der Waals surface area contributed by atoms with Gasteiger partial charge in [0.15, 0.2) is 0 Å². The molecule has 0 bridgehead atoms. The van der Waals surface area contributed by atoms with Gasteiger partial charge in [-0.25, -0.2) is 0 Å². The van der Waals surface area contributed by atoms with Crippen molar-refractivity contribution in [1.82, 2.24) is 0 Å². The fraction of sp³-hybridized carbons (Fsp3) is 0.333. The minimum atomic E-state index is -0.481. The maximum absolute atomic E-state index is 8.82. The van der Waals surface area contributed by atoms with Crippen LogP contribution in [0.3, 0.4) is 0 Å². The third-order valence-corrected chi connectivity index (χ3v) is 0.955. The Bertz CT molecular complexity index is 142. The molecule has 1 aromatic rings. The van der Waals surface area contributed by atoms with Crippen molar-refractivity contribution in [3.8, 4) is 0 Å². The molecule has 0 fully saturated rings. The SMILES string of the molecule is CC(O)c1ccco1. The Kier molecular flexibility index (Phi) is 1.35. The van der Waals surface area contributed by atoms with Gasteiger partial charge >= 0.3 is 0 Å². The Morgan fingerprint density at radius 2 is 2.50 bits per heavy atom. The van der Waals surface area contributed by atoms with E-state index in [0.717, 1.165) is 0 Å². The molecule has 2 heteroatoms. The van der Waals surface area contributed by atoms with E-state index in [-0.39, 0.29) is 0 Å². The van der Waals surface area contributed by atoms with Crippen LogP contribution >= 0.6 is 0 Å². The summed E-state index contributed by atoms with van der Waals surface area (Å²) in [5, 5.41) is 8.82. The number of aliphatic hydroxyl groups is 1. The van der Waals surface area contributed by atoms with Gasteiger partial charge in [0, 0.05) is 0 Å². The summed E-state index contributed by atoms with van der Waals surface area (Å²) < 4.78 is 4.84. The molecule has 0 aromatic carbocycles. The lowest BCUT2D eigenvalue weighted by Crippen LogP contribution is -1.84. The minimum absolute atomic E-state index is 0.481. The van der Waals surface area contributed by atoms with Gasteiger partial charge in [-0.1, -0.05) is 0 Å². The molecule has 1 N–H and O–H groups in total. The van der Waals surface area contributed by atoms with Crippen LogP contribution in [0.5, 0.6) is 0 Å². The maximum Gasteiger partial charge on any atom is 0.131 e. The summed E-state index contributed by atoms with van der Waals surface area (Å²) in [7, 11) is 0. The summed E-state index contributed by atoms with van der Waals surface area (Å²) in [4.78, 5) is 0. The highest BCUT2D eigenvalue weighted by Gasteiger charge is 1.99. The summed E-state index contributed by atoms with van der Waals surface area (Å²) >= 11 is 0. The number of hydrogen-bond acceptors (Lipinski definition) is 2. The van der Waals surface area contributed by atoms with E-state index in [4.69, 9.17) is 9.52 Å². The molecule has 1 unspecified atom stereocenters. The van der Waals surface area contributed by atoms with Crippen LogP contribution in [-0.2, 0) is 0 Å². The van der Waals surface area contributed by atoms with Crippen LogP contribution in [0.25, 0.3) is 0 Å². The number of furan rings is 1. The number of aliphatic hydroxyl groups excluding tert-OH is 1. The Morgan fingerprint density at radius 3 is 2.75 bits per heavy atom. The molecule has 0 radical (unpaired) electrons. The zero-order chi connectivity index (χ0) is 5.98. The van der Waals surface area contributed by atoms with Crippen molar-refractivity contribution in [3.63, 3.8) is 0 Å². The lowest BCUT2D eigenvalue weighted by Gasteiger charge is -1.94. The summed E-state index contributed by atoms with van der Waals surface area (Å²) in [6, 6.07) is 3.49. The molecular weight excluding hydrogens is 104 g/mol. The summed E-state index contributed by atoms with van der Waals surface area (Å²) in [5.74, 6) is 0.616. The molecule has 1 aromatic heterocycles. The van der Waals surface area contributed by atoms with Crippen molar-refractivity contribution in [2.45, 2.75) is 13.0 Å². The lowest BCUT2D eigenvalue weighted by molar-refractivity contribution is 0.169. The third-order valence-electron chi connectivity index (χ3n) is 0.955. The maximum atomic E-state index is 8.82. The van der Waals surface area contributed by atoms with E-state index in [1.165, 1.54) is 0 Å². The molecule has 1 rings (SSSR count). The Morgan fingerprint density at radius 1 is 1.75 bits per heavy atom. The fourth-order valence-corrected chi connectivity index (χ4v) is 0.529. The van der Waals surface area contributed by atoms with Crippen molar-refractivity contribution >= 4 is 0 Å². The molecule has 0 saturated heterocycles. The second-order valence-electron chi connectivity index (χ2n) is 1.69. The van der Waals surface area contributed by atoms with Crippen LogP contribution in [0, 0.1) is 0 Å². The van der Waals surface area contributed by atoms with E-state index < -0.39 is 6.10 Å². The molecule has 0 aliphatic carbocycles. The van der Waals surface area contributed by atoms with Crippen molar-refractivity contribution in [1.29, 1.82) is 0 Å². The highest BCUT2D eigenvalue weighted by Crippen LogP contribution is 2.10. The van der Waals surface area contributed by atoms with Gasteiger partial charge in [0.25, 0.3) is 0 Å².